The zero-order chi connectivity index (χ0) is 20.8. The van der Waals surface area contributed by atoms with Crippen LogP contribution in [0.1, 0.15) is 51.0 Å². The molecule has 0 aliphatic heterocycles. The highest BCUT2D eigenvalue weighted by Gasteiger charge is 2.34. The Hall–Kier alpha value is -1.51. The van der Waals surface area contributed by atoms with Crippen molar-refractivity contribution in [2.24, 2.45) is 0 Å². The molecule has 7 nitrogen and oxygen atoms in total. The van der Waals surface area contributed by atoms with Crippen molar-refractivity contribution in [3.8, 4) is 0 Å². The fourth-order valence-corrected chi connectivity index (χ4v) is 2.76. The standard InChI is InChI=1S/C21H35NO6/c1-2-3-4-5-6-10-13-22-21(27)20(26)19(25)18(24)17(23)15-28-14-16-11-8-7-9-12-16/h7-9,11-12,17-20,23-26H,2-6,10,13-15H2,1H3,(H,22,27). The normalized spacial score (nSPS) is 15.6. The van der Waals surface area contributed by atoms with Gasteiger partial charge < -0.3 is 30.5 Å². The Morgan fingerprint density at radius 3 is 2.29 bits per heavy atom. The molecule has 1 amide bonds. The van der Waals surface area contributed by atoms with E-state index in [0.717, 1.165) is 24.8 Å². The Morgan fingerprint density at radius 2 is 1.61 bits per heavy atom. The van der Waals surface area contributed by atoms with E-state index in [4.69, 9.17) is 4.74 Å². The molecule has 0 saturated carbocycles. The van der Waals surface area contributed by atoms with Gasteiger partial charge in [-0.2, -0.15) is 0 Å². The summed E-state index contributed by atoms with van der Waals surface area (Å²) in [6, 6.07) is 9.30. The lowest BCUT2D eigenvalue weighted by Crippen LogP contribution is -2.51. The Balaban J connectivity index is 2.25. The largest absolute Gasteiger partial charge is 0.388 e. The van der Waals surface area contributed by atoms with Gasteiger partial charge in [0.15, 0.2) is 6.10 Å². The van der Waals surface area contributed by atoms with E-state index in [2.05, 4.69) is 12.2 Å². The average molecular weight is 398 g/mol. The van der Waals surface area contributed by atoms with E-state index in [0.29, 0.717) is 6.54 Å². The summed E-state index contributed by atoms with van der Waals surface area (Å²) in [5, 5.41) is 42.3. The number of unbranched alkanes of at least 4 members (excludes halogenated alkanes) is 5. The molecule has 4 atom stereocenters. The zero-order valence-electron chi connectivity index (χ0n) is 16.7. The summed E-state index contributed by atoms with van der Waals surface area (Å²) >= 11 is 0. The number of benzene rings is 1. The van der Waals surface area contributed by atoms with Crippen LogP contribution in [0.25, 0.3) is 0 Å². The van der Waals surface area contributed by atoms with E-state index in [1.807, 2.05) is 30.3 Å². The van der Waals surface area contributed by atoms with Crippen molar-refractivity contribution >= 4 is 5.91 Å². The number of nitrogens with one attached hydrogen (secondary N) is 1. The lowest BCUT2D eigenvalue weighted by Gasteiger charge is -2.26. The minimum absolute atomic E-state index is 0.237. The minimum atomic E-state index is -1.82. The van der Waals surface area contributed by atoms with Gasteiger partial charge in [0.2, 0.25) is 0 Å². The van der Waals surface area contributed by atoms with E-state index in [9.17, 15) is 25.2 Å². The number of carbonyl (C=O) groups excluding carboxylic acids is 1. The van der Waals surface area contributed by atoms with Crippen molar-refractivity contribution < 1.29 is 30.0 Å². The summed E-state index contributed by atoms with van der Waals surface area (Å²) < 4.78 is 5.31. The van der Waals surface area contributed by atoms with Gasteiger partial charge in [-0.05, 0) is 12.0 Å². The third kappa shape index (κ3) is 9.61. The molecule has 1 aromatic carbocycles. The number of rotatable bonds is 15. The zero-order valence-corrected chi connectivity index (χ0v) is 16.7. The highest BCUT2D eigenvalue weighted by molar-refractivity contribution is 5.81. The molecule has 7 heteroatoms. The van der Waals surface area contributed by atoms with Crippen LogP contribution in [0.4, 0.5) is 0 Å². The highest BCUT2D eigenvalue weighted by atomic mass is 16.5. The van der Waals surface area contributed by atoms with Gasteiger partial charge in [0.05, 0.1) is 13.2 Å². The van der Waals surface area contributed by atoms with Crippen LogP contribution in [-0.4, -0.2) is 63.9 Å². The molecule has 160 valence electrons. The molecule has 0 saturated heterocycles. The second kappa shape index (κ2) is 14.5. The third-order valence-corrected chi connectivity index (χ3v) is 4.57. The molecule has 1 aromatic rings. The first-order chi connectivity index (χ1) is 13.5. The van der Waals surface area contributed by atoms with E-state index >= 15 is 0 Å². The second-order valence-corrected chi connectivity index (χ2v) is 7.05. The van der Waals surface area contributed by atoms with Gasteiger partial charge in [0.25, 0.3) is 5.91 Å². The summed E-state index contributed by atoms with van der Waals surface area (Å²) in [6.45, 7) is 2.54. The Morgan fingerprint density at radius 1 is 0.964 bits per heavy atom. The lowest BCUT2D eigenvalue weighted by molar-refractivity contribution is -0.150. The van der Waals surface area contributed by atoms with Crippen LogP contribution in [0.15, 0.2) is 30.3 Å². The van der Waals surface area contributed by atoms with Crippen LogP contribution in [-0.2, 0) is 16.1 Å². The number of carbonyl (C=O) groups is 1. The van der Waals surface area contributed by atoms with Crippen molar-refractivity contribution in [3.05, 3.63) is 35.9 Å². The number of hydrogen-bond acceptors (Lipinski definition) is 6. The number of amides is 1. The smallest absolute Gasteiger partial charge is 0.251 e. The van der Waals surface area contributed by atoms with Crippen LogP contribution in [0.2, 0.25) is 0 Å². The van der Waals surface area contributed by atoms with Crippen LogP contribution in [0.3, 0.4) is 0 Å². The average Bonchev–Trinajstić information content (AvgIpc) is 2.71. The van der Waals surface area contributed by atoms with Crippen LogP contribution < -0.4 is 5.32 Å². The molecule has 4 unspecified atom stereocenters. The molecule has 0 spiro atoms. The van der Waals surface area contributed by atoms with E-state index in [1.165, 1.54) is 19.3 Å². The Kier molecular flexibility index (Phi) is 12.7. The predicted octanol–water partition coefficient (Wildman–Crippen LogP) is 1.12. The van der Waals surface area contributed by atoms with E-state index in [1.54, 1.807) is 0 Å². The number of hydrogen-bond donors (Lipinski definition) is 5. The molecule has 0 bridgehead atoms. The van der Waals surface area contributed by atoms with Gasteiger partial charge in [-0.3, -0.25) is 4.79 Å². The fraction of sp³-hybridized carbons (Fsp3) is 0.667. The molecule has 0 aliphatic carbocycles. The molecule has 0 aromatic heterocycles. The molecule has 0 heterocycles. The highest BCUT2D eigenvalue weighted by Crippen LogP contribution is 2.08. The SMILES string of the molecule is CCCCCCCCNC(=O)C(O)C(O)C(O)C(O)COCc1ccccc1. The molecule has 28 heavy (non-hydrogen) atoms. The monoisotopic (exact) mass is 397 g/mol. The summed E-state index contributed by atoms with van der Waals surface area (Å²) in [4.78, 5) is 11.9. The summed E-state index contributed by atoms with van der Waals surface area (Å²) in [5.74, 6) is -0.766. The van der Waals surface area contributed by atoms with Crippen molar-refractivity contribution in [1.29, 1.82) is 0 Å². The van der Waals surface area contributed by atoms with E-state index in [-0.39, 0.29) is 13.2 Å². The summed E-state index contributed by atoms with van der Waals surface area (Å²) in [7, 11) is 0. The van der Waals surface area contributed by atoms with E-state index < -0.39 is 30.3 Å². The lowest BCUT2D eigenvalue weighted by atomic mass is 10.0. The topological polar surface area (TPSA) is 119 Å². The van der Waals surface area contributed by atoms with Crippen LogP contribution >= 0.6 is 0 Å². The minimum Gasteiger partial charge on any atom is -0.388 e. The summed E-state index contributed by atoms with van der Waals surface area (Å²) in [6.07, 6.45) is -0.344. The van der Waals surface area contributed by atoms with Gasteiger partial charge in [-0.1, -0.05) is 69.4 Å². The molecule has 5 N–H and O–H groups in total. The molecule has 0 radical (unpaired) electrons. The van der Waals surface area contributed by atoms with Gasteiger partial charge >= 0.3 is 0 Å². The fourth-order valence-electron chi connectivity index (χ4n) is 2.76. The quantitative estimate of drug-likeness (QED) is 0.283. The number of aliphatic hydroxyl groups is 4. The maximum Gasteiger partial charge on any atom is 0.251 e. The molecule has 1 rings (SSSR count). The van der Waals surface area contributed by atoms with Gasteiger partial charge in [-0.15, -0.1) is 0 Å². The predicted molar refractivity (Wildman–Crippen MR) is 107 cm³/mol. The number of ether oxygens (including phenoxy) is 1. The van der Waals surface area contributed by atoms with Gasteiger partial charge in [-0.25, -0.2) is 0 Å². The second-order valence-electron chi connectivity index (χ2n) is 7.05. The number of aliphatic hydroxyl groups excluding tert-OH is 4. The summed E-state index contributed by atoms with van der Waals surface area (Å²) in [5.41, 5.74) is 0.902. The first kappa shape index (κ1) is 24.5. The van der Waals surface area contributed by atoms with Crippen molar-refractivity contribution in [2.75, 3.05) is 13.2 Å². The maximum atomic E-state index is 11.9. The third-order valence-electron chi connectivity index (χ3n) is 4.57. The maximum absolute atomic E-state index is 11.9. The van der Waals surface area contributed by atoms with Crippen LogP contribution in [0.5, 0.6) is 0 Å². The molecule has 0 fully saturated rings. The molecular weight excluding hydrogens is 362 g/mol. The first-order valence-electron chi connectivity index (χ1n) is 10.1. The molecule has 0 aliphatic rings. The van der Waals surface area contributed by atoms with Crippen molar-refractivity contribution in [2.45, 2.75) is 76.5 Å². The van der Waals surface area contributed by atoms with Crippen molar-refractivity contribution in [1.82, 2.24) is 5.32 Å². The van der Waals surface area contributed by atoms with Crippen LogP contribution in [0, 0.1) is 0 Å². The first-order valence-corrected chi connectivity index (χ1v) is 10.1. The van der Waals surface area contributed by atoms with Crippen molar-refractivity contribution in [3.63, 3.8) is 0 Å². The Labute approximate surface area is 167 Å². The van der Waals surface area contributed by atoms with Gasteiger partial charge in [0, 0.05) is 6.54 Å². The molecular formula is C21H35NO6. The van der Waals surface area contributed by atoms with Gasteiger partial charge in [0.1, 0.15) is 18.3 Å². The Bertz CT molecular complexity index is 527.